The van der Waals surface area contributed by atoms with Crippen molar-refractivity contribution >= 4 is 17.3 Å². The fraction of sp³-hybridized carbons (Fsp3) is 0.235. The van der Waals surface area contributed by atoms with E-state index in [1.165, 1.54) is 6.07 Å². The van der Waals surface area contributed by atoms with Crippen LogP contribution in [0, 0.1) is 11.6 Å². The van der Waals surface area contributed by atoms with Gasteiger partial charge in [-0.1, -0.05) is 12.1 Å². The number of anilines is 2. The average Bonchev–Trinajstić information content (AvgIpc) is 2.54. The van der Waals surface area contributed by atoms with Crippen molar-refractivity contribution in [3.05, 3.63) is 59.2 Å². The first-order valence-electron chi connectivity index (χ1n) is 7.33. The molecular formula is C17H17F2N3O. The molecule has 0 saturated heterocycles. The Labute approximate surface area is 132 Å². The number of benzene rings is 2. The molecule has 3 N–H and O–H groups in total. The van der Waals surface area contributed by atoms with Gasteiger partial charge in [-0.3, -0.25) is 4.79 Å². The fourth-order valence-corrected chi connectivity index (χ4v) is 2.84. The van der Waals surface area contributed by atoms with Crippen LogP contribution in [-0.2, 0) is 0 Å². The van der Waals surface area contributed by atoms with Gasteiger partial charge in [0.25, 0.3) is 5.91 Å². The monoisotopic (exact) mass is 317 g/mol. The van der Waals surface area contributed by atoms with E-state index in [0.29, 0.717) is 5.56 Å². The topological polar surface area (TPSA) is 58.4 Å². The second-order valence-electron chi connectivity index (χ2n) is 5.64. The van der Waals surface area contributed by atoms with Crippen LogP contribution in [0.25, 0.3) is 0 Å². The van der Waals surface area contributed by atoms with Gasteiger partial charge in [0.15, 0.2) is 11.6 Å². The number of nitrogens with zero attached hydrogens (tertiary/aromatic N) is 1. The number of rotatable bonds is 2. The lowest BCUT2D eigenvalue weighted by atomic mass is 9.94. The van der Waals surface area contributed by atoms with Gasteiger partial charge in [-0.25, -0.2) is 8.78 Å². The summed E-state index contributed by atoms with van der Waals surface area (Å²) in [7, 11) is 1.90. The van der Waals surface area contributed by atoms with Gasteiger partial charge in [-0.15, -0.1) is 0 Å². The minimum Gasteiger partial charge on any atom is -0.374 e. The summed E-state index contributed by atoms with van der Waals surface area (Å²) in [5.74, 6) is -2.34. The van der Waals surface area contributed by atoms with E-state index in [1.54, 1.807) is 12.1 Å². The van der Waals surface area contributed by atoms with Crippen LogP contribution in [0.1, 0.15) is 28.4 Å². The largest absolute Gasteiger partial charge is 0.374 e. The second-order valence-corrected chi connectivity index (χ2v) is 5.64. The maximum Gasteiger partial charge on any atom is 0.257 e. The smallest absolute Gasteiger partial charge is 0.257 e. The van der Waals surface area contributed by atoms with Crippen molar-refractivity contribution in [1.82, 2.24) is 0 Å². The number of para-hydroxylation sites is 1. The number of carbonyl (C=O) groups is 1. The molecule has 1 aliphatic rings. The van der Waals surface area contributed by atoms with Crippen LogP contribution in [0.2, 0.25) is 0 Å². The zero-order valence-corrected chi connectivity index (χ0v) is 12.6. The summed E-state index contributed by atoms with van der Waals surface area (Å²) in [6, 6.07) is 8.52. The molecule has 0 saturated carbocycles. The molecule has 23 heavy (non-hydrogen) atoms. The molecule has 1 unspecified atom stereocenters. The van der Waals surface area contributed by atoms with Crippen molar-refractivity contribution in [2.75, 3.05) is 23.8 Å². The standard InChI is InChI=1S/C17H17F2N3O/c1-22-8-7-15(20)11-3-2-4-12(16(11)22)17(23)21-10-5-6-13(18)14(19)9-10/h2-6,9,15H,7-8,20H2,1H3,(H,21,23). The first-order chi connectivity index (χ1) is 11.0. The molecule has 4 nitrogen and oxygen atoms in total. The first-order valence-corrected chi connectivity index (χ1v) is 7.33. The highest BCUT2D eigenvalue weighted by atomic mass is 19.2. The Bertz CT molecular complexity index is 763. The molecule has 1 heterocycles. The highest BCUT2D eigenvalue weighted by Crippen LogP contribution is 2.34. The number of nitrogens with one attached hydrogen (secondary N) is 1. The molecule has 3 rings (SSSR count). The molecule has 0 spiro atoms. The summed E-state index contributed by atoms with van der Waals surface area (Å²) in [6.07, 6.45) is 0.817. The summed E-state index contributed by atoms with van der Waals surface area (Å²) in [4.78, 5) is 14.5. The minimum atomic E-state index is -1.00. The molecule has 2 aromatic carbocycles. The van der Waals surface area contributed by atoms with Crippen LogP contribution in [0.3, 0.4) is 0 Å². The summed E-state index contributed by atoms with van der Waals surface area (Å²) in [6.45, 7) is 0.754. The third-order valence-electron chi connectivity index (χ3n) is 4.05. The molecule has 1 atom stereocenters. The van der Waals surface area contributed by atoms with Gasteiger partial charge in [-0.05, 0) is 30.2 Å². The highest BCUT2D eigenvalue weighted by Gasteiger charge is 2.25. The molecule has 120 valence electrons. The van der Waals surface area contributed by atoms with Gasteiger partial charge in [-0.2, -0.15) is 0 Å². The third kappa shape index (κ3) is 2.90. The zero-order valence-electron chi connectivity index (χ0n) is 12.6. The van der Waals surface area contributed by atoms with Crippen LogP contribution < -0.4 is 16.0 Å². The molecule has 1 amide bonds. The van der Waals surface area contributed by atoms with Crippen molar-refractivity contribution in [3.8, 4) is 0 Å². The van der Waals surface area contributed by atoms with Gasteiger partial charge in [0, 0.05) is 31.4 Å². The van der Waals surface area contributed by atoms with E-state index in [0.717, 1.165) is 36.3 Å². The third-order valence-corrected chi connectivity index (χ3v) is 4.05. The van der Waals surface area contributed by atoms with E-state index in [4.69, 9.17) is 5.73 Å². The first kappa shape index (κ1) is 15.4. The van der Waals surface area contributed by atoms with Gasteiger partial charge in [0.2, 0.25) is 0 Å². The SMILES string of the molecule is CN1CCC(N)c2cccc(C(=O)Nc3ccc(F)c(F)c3)c21. The zero-order chi connectivity index (χ0) is 16.6. The normalized spacial score (nSPS) is 16.9. The Morgan fingerprint density at radius 1 is 1.26 bits per heavy atom. The molecule has 2 aromatic rings. The predicted octanol–water partition coefficient (Wildman–Crippen LogP) is 3.06. The summed E-state index contributed by atoms with van der Waals surface area (Å²) < 4.78 is 26.2. The minimum absolute atomic E-state index is 0.114. The van der Waals surface area contributed by atoms with E-state index >= 15 is 0 Å². The number of halogens is 2. The lowest BCUT2D eigenvalue weighted by Crippen LogP contribution is -2.32. The Morgan fingerprint density at radius 2 is 2.04 bits per heavy atom. The van der Waals surface area contributed by atoms with Gasteiger partial charge in [0.05, 0.1) is 11.3 Å². The van der Waals surface area contributed by atoms with Crippen LogP contribution >= 0.6 is 0 Å². The van der Waals surface area contributed by atoms with Gasteiger partial charge < -0.3 is 16.0 Å². The van der Waals surface area contributed by atoms with E-state index in [-0.39, 0.29) is 17.6 Å². The van der Waals surface area contributed by atoms with Crippen molar-refractivity contribution in [2.24, 2.45) is 5.73 Å². The Hall–Kier alpha value is -2.47. The molecule has 0 aromatic heterocycles. The van der Waals surface area contributed by atoms with Crippen molar-refractivity contribution in [3.63, 3.8) is 0 Å². The maximum absolute atomic E-state index is 13.3. The van der Waals surface area contributed by atoms with E-state index < -0.39 is 11.6 Å². The molecule has 6 heteroatoms. The molecule has 0 aliphatic carbocycles. The fourth-order valence-electron chi connectivity index (χ4n) is 2.84. The lowest BCUT2D eigenvalue weighted by molar-refractivity contribution is 0.102. The summed E-state index contributed by atoms with van der Waals surface area (Å²) in [5.41, 5.74) is 8.48. The molecular weight excluding hydrogens is 300 g/mol. The number of fused-ring (bicyclic) bond motifs is 1. The highest BCUT2D eigenvalue weighted by molar-refractivity contribution is 6.08. The van der Waals surface area contributed by atoms with E-state index in [2.05, 4.69) is 5.32 Å². The number of carbonyl (C=O) groups excluding carboxylic acids is 1. The summed E-state index contributed by atoms with van der Waals surface area (Å²) in [5, 5.41) is 2.60. The van der Waals surface area contributed by atoms with Gasteiger partial charge in [0.1, 0.15) is 0 Å². The van der Waals surface area contributed by atoms with Gasteiger partial charge >= 0.3 is 0 Å². The Kier molecular flexibility index (Phi) is 4.00. The molecule has 0 fully saturated rings. The molecule has 0 bridgehead atoms. The quantitative estimate of drug-likeness (QED) is 0.895. The molecule has 0 radical (unpaired) electrons. The van der Waals surface area contributed by atoms with Crippen molar-refractivity contribution in [2.45, 2.75) is 12.5 Å². The van der Waals surface area contributed by atoms with Crippen molar-refractivity contribution < 1.29 is 13.6 Å². The second kappa shape index (κ2) is 5.96. The molecule has 1 aliphatic heterocycles. The predicted molar refractivity (Wildman–Crippen MR) is 85.6 cm³/mol. The van der Waals surface area contributed by atoms with Crippen molar-refractivity contribution in [1.29, 1.82) is 0 Å². The average molecular weight is 317 g/mol. The van der Waals surface area contributed by atoms with Crippen LogP contribution in [0.15, 0.2) is 36.4 Å². The van der Waals surface area contributed by atoms with E-state index in [1.807, 2.05) is 18.0 Å². The van der Waals surface area contributed by atoms with Crippen LogP contribution in [-0.4, -0.2) is 19.5 Å². The Morgan fingerprint density at radius 3 is 2.78 bits per heavy atom. The number of hydrogen-bond acceptors (Lipinski definition) is 3. The number of nitrogens with two attached hydrogens (primary N) is 1. The van der Waals surface area contributed by atoms with Crippen LogP contribution in [0.5, 0.6) is 0 Å². The number of hydrogen-bond donors (Lipinski definition) is 2. The Balaban J connectivity index is 1.94. The van der Waals surface area contributed by atoms with E-state index in [9.17, 15) is 13.6 Å². The van der Waals surface area contributed by atoms with Crippen LogP contribution in [0.4, 0.5) is 20.2 Å². The lowest BCUT2D eigenvalue weighted by Gasteiger charge is -2.33. The number of amides is 1. The summed E-state index contributed by atoms with van der Waals surface area (Å²) >= 11 is 0. The maximum atomic E-state index is 13.3.